The lowest BCUT2D eigenvalue weighted by Crippen LogP contribution is -2.37. The van der Waals surface area contributed by atoms with Crippen molar-refractivity contribution in [3.05, 3.63) is 0 Å². The molecule has 0 aromatic rings. The van der Waals surface area contributed by atoms with Gasteiger partial charge in [0.15, 0.2) is 0 Å². The number of halogens is 2. The Hall–Kier alpha value is 0.0899. The number of hydrogen-bond donors (Lipinski definition) is 0. The summed E-state index contributed by atoms with van der Waals surface area (Å²) in [5, 5.41) is 0. The van der Waals surface area contributed by atoms with Crippen molar-refractivity contribution in [1.82, 2.24) is 0 Å². The van der Waals surface area contributed by atoms with Crippen molar-refractivity contribution in [2.24, 2.45) is 0 Å². The number of phosphoric acid groups is 2. The Morgan fingerprint density at radius 2 is 1.43 bits per heavy atom. The van der Waals surface area contributed by atoms with Crippen molar-refractivity contribution >= 4 is 31.3 Å². The van der Waals surface area contributed by atoms with E-state index in [2.05, 4.69) is 13.6 Å². The van der Waals surface area contributed by atoms with Crippen molar-refractivity contribution < 1.29 is 60.0 Å². The lowest BCUT2D eigenvalue weighted by atomic mass is 9.94. The monoisotopic (exact) mass is 474 g/mol. The van der Waals surface area contributed by atoms with Crippen LogP contribution < -0.4 is 9.79 Å². The average molecular weight is 474 g/mol. The summed E-state index contributed by atoms with van der Waals surface area (Å²) in [5.74, 6) is 0. The van der Waals surface area contributed by atoms with E-state index in [0.29, 0.717) is 0 Å². The summed E-state index contributed by atoms with van der Waals surface area (Å²) in [7, 11) is 2.86. The lowest BCUT2D eigenvalue weighted by Gasteiger charge is -2.31. The molecule has 2 saturated heterocycles. The van der Waals surface area contributed by atoms with E-state index < -0.39 is 71.0 Å². The standard InChI is InChI=1S/C13H22B2F2O11P2/c1-22-4-3-6-10(8(16)12(14)25-6)28-30(20,21)24-5-7-11(9(17)13(15)26-7)27-29(18,19)23-2/h6-13H,3-5H2,1-2H3,(H,18,19)(H,20,21)/p-2/t6-,7-,8+,9+,10?,11?,12-,13-/m1/s1. The highest BCUT2D eigenvalue weighted by atomic mass is 31.2. The lowest BCUT2D eigenvalue weighted by molar-refractivity contribution is -0.237. The summed E-state index contributed by atoms with van der Waals surface area (Å²) in [5.41, 5.74) is 0. The highest BCUT2D eigenvalue weighted by Crippen LogP contribution is 2.47. The van der Waals surface area contributed by atoms with Crippen LogP contribution in [0.2, 0.25) is 0 Å². The summed E-state index contributed by atoms with van der Waals surface area (Å²) in [6.07, 6.45) is -10.0. The summed E-state index contributed by atoms with van der Waals surface area (Å²) < 4.78 is 84.7. The molecule has 0 aliphatic carbocycles. The van der Waals surface area contributed by atoms with Crippen LogP contribution in [0.25, 0.3) is 0 Å². The van der Waals surface area contributed by atoms with Gasteiger partial charge in [0.05, 0.1) is 24.7 Å². The molecule has 2 fully saturated rings. The second-order valence-corrected chi connectivity index (χ2v) is 9.30. The quantitative estimate of drug-likeness (QED) is 0.265. The number of rotatable bonds is 11. The van der Waals surface area contributed by atoms with Crippen LogP contribution in [0.5, 0.6) is 0 Å². The molecule has 0 aromatic heterocycles. The van der Waals surface area contributed by atoms with E-state index >= 15 is 0 Å². The summed E-state index contributed by atoms with van der Waals surface area (Å²) in [6.45, 7) is -0.809. The van der Waals surface area contributed by atoms with Crippen molar-refractivity contribution in [2.45, 2.75) is 55.2 Å². The zero-order valence-corrected chi connectivity index (χ0v) is 17.8. The molecule has 2 aliphatic heterocycles. The van der Waals surface area contributed by atoms with Crippen molar-refractivity contribution in [3.8, 4) is 0 Å². The normalized spacial score (nSPS) is 40.9. The minimum absolute atomic E-state index is 0.0884. The Bertz CT molecular complexity index is 665. The predicted octanol–water partition coefficient (Wildman–Crippen LogP) is -1.14. The smallest absolute Gasteiger partial charge is 0.268 e. The molecule has 0 aromatic carbocycles. The van der Waals surface area contributed by atoms with Crippen LogP contribution in [0.4, 0.5) is 8.78 Å². The molecule has 2 heterocycles. The zero-order valence-electron chi connectivity index (χ0n) is 16.0. The Morgan fingerprint density at radius 3 is 1.97 bits per heavy atom. The van der Waals surface area contributed by atoms with Crippen LogP contribution in [0.1, 0.15) is 6.42 Å². The van der Waals surface area contributed by atoms with Gasteiger partial charge in [-0.1, -0.05) is 0 Å². The van der Waals surface area contributed by atoms with Gasteiger partial charge in [-0.2, -0.15) is 0 Å². The number of phosphoric ester groups is 2. The molecule has 0 spiro atoms. The van der Waals surface area contributed by atoms with Crippen LogP contribution in [-0.2, 0) is 41.4 Å². The van der Waals surface area contributed by atoms with Gasteiger partial charge in [0.2, 0.25) is 0 Å². The van der Waals surface area contributed by atoms with Gasteiger partial charge >= 0.3 is 0 Å². The maximum atomic E-state index is 14.2. The fraction of sp³-hybridized carbons (Fsp3) is 1.00. The van der Waals surface area contributed by atoms with Crippen LogP contribution in [0, 0.1) is 0 Å². The first-order chi connectivity index (χ1) is 13.9. The van der Waals surface area contributed by atoms with Gasteiger partial charge in [-0.25, -0.2) is 8.78 Å². The topological polar surface area (TPSA) is 145 Å². The van der Waals surface area contributed by atoms with E-state index in [4.69, 9.17) is 34.4 Å². The molecule has 4 unspecified atom stereocenters. The van der Waals surface area contributed by atoms with Crippen molar-refractivity contribution in [2.75, 3.05) is 27.4 Å². The van der Waals surface area contributed by atoms with E-state index in [1.807, 2.05) is 0 Å². The fourth-order valence-corrected chi connectivity index (χ4v) is 4.46. The van der Waals surface area contributed by atoms with Gasteiger partial charge in [-0.15, -0.1) is 0 Å². The van der Waals surface area contributed by atoms with Crippen molar-refractivity contribution in [3.63, 3.8) is 0 Å². The Kier molecular flexibility index (Phi) is 9.49. The van der Waals surface area contributed by atoms with Crippen LogP contribution in [0.3, 0.4) is 0 Å². The maximum absolute atomic E-state index is 14.2. The first-order valence-electron chi connectivity index (χ1n) is 8.69. The Morgan fingerprint density at radius 1 is 0.933 bits per heavy atom. The Labute approximate surface area is 174 Å². The van der Waals surface area contributed by atoms with Crippen LogP contribution in [-0.4, -0.2) is 91.9 Å². The van der Waals surface area contributed by atoms with Gasteiger partial charge in [0.1, 0.15) is 46.3 Å². The Balaban J connectivity index is 2.00. The third-order valence-corrected chi connectivity index (χ3v) is 6.30. The van der Waals surface area contributed by atoms with E-state index in [-0.39, 0.29) is 13.0 Å². The molecular weight excluding hydrogens is 454 g/mol. The molecule has 0 N–H and O–H groups in total. The van der Waals surface area contributed by atoms with Gasteiger partial charge in [-0.05, 0) is 6.42 Å². The second kappa shape index (κ2) is 10.8. The van der Waals surface area contributed by atoms with E-state index in [9.17, 15) is 27.7 Å². The van der Waals surface area contributed by atoms with Crippen molar-refractivity contribution in [1.29, 1.82) is 0 Å². The van der Waals surface area contributed by atoms with Gasteiger partial charge in [0.25, 0.3) is 15.6 Å². The van der Waals surface area contributed by atoms with Crippen LogP contribution in [0.15, 0.2) is 0 Å². The van der Waals surface area contributed by atoms with E-state index in [1.165, 1.54) is 7.11 Å². The van der Waals surface area contributed by atoms with Gasteiger partial charge in [-0.3, -0.25) is 9.13 Å². The first kappa shape index (κ1) is 26.3. The molecule has 4 radical (unpaired) electrons. The number of hydrogen-bond acceptors (Lipinski definition) is 11. The largest absolute Gasteiger partial charge is 0.756 e. The molecular formula is C13H20B2F2O11P2-2. The minimum Gasteiger partial charge on any atom is -0.756 e. The van der Waals surface area contributed by atoms with Crippen LogP contribution >= 0.6 is 15.6 Å². The highest BCUT2D eigenvalue weighted by Gasteiger charge is 2.47. The van der Waals surface area contributed by atoms with E-state index in [0.717, 1.165) is 7.11 Å². The molecule has 11 nitrogen and oxygen atoms in total. The predicted molar refractivity (Wildman–Crippen MR) is 93.0 cm³/mol. The summed E-state index contributed by atoms with van der Waals surface area (Å²) in [4.78, 5) is 23.6. The SMILES string of the molecule is [B][C@@H]1O[C@H](COP(=O)([O-])OC2[C@@H](CCOC)O[C@@H]([B])[C@H]2F)C(OP(=O)([O-])OC)[C@@H]1F. The van der Waals surface area contributed by atoms with Gasteiger partial charge < -0.3 is 42.1 Å². The third kappa shape index (κ3) is 6.79. The zero-order chi connectivity index (χ0) is 22.7. The molecule has 0 saturated carbocycles. The van der Waals surface area contributed by atoms with E-state index in [1.54, 1.807) is 0 Å². The number of alkyl halides is 2. The first-order valence-corrected chi connectivity index (χ1v) is 11.6. The molecule has 17 heteroatoms. The highest BCUT2D eigenvalue weighted by molar-refractivity contribution is 7.46. The number of methoxy groups -OCH3 is 1. The third-order valence-electron chi connectivity index (χ3n) is 4.38. The molecule has 10 atom stereocenters. The summed E-state index contributed by atoms with van der Waals surface area (Å²) in [6, 6.07) is -3.03. The molecule has 30 heavy (non-hydrogen) atoms. The number of ether oxygens (including phenoxy) is 3. The molecule has 2 aliphatic rings. The molecule has 2 rings (SSSR count). The molecule has 170 valence electrons. The molecule has 0 bridgehead atoms. The maximum Gasteiger partial charge on any atom is 0.268 e. The molecule has 0 amide bonds. The summed E-state index contributed by atoms with van der Waals surface area (Å²) >= 11 is 0. The van der Waals surface area contributed by atoms with Gasteiger partial charge in [0, 0.05) is 20.8 Å². The second-order valence-electron chi connectivity index (χ2n) is 6.46. The fourth-order valence-electron chi connectivity index (χ4n) is 2.88. The minimum atomic E-state index is -5.20. The average Bonchev–Trinajstić information content (AvgIpc) is 3.09.